The van der Waals surface area contributed by atoms with E-state index in [2.05, 4.69) is 50.8 Å². The Morgan fingerprint density at radius 3 is 2.62 bits per heavy atom. The van der Waals surface area contributed by atoms with Crippen LogP contribution < -0.4 is 10.6 Å². The van der Waals surface area contributed by atoms with Crippen molar-refractivity contribution in [1.29, 1.82) is 0 Å². The first-order chi connectivity index (χ1) is 15.8. The van der Waals surface area contributed by atoms with Crippen molar-refractivity contribution in [3.05, 3.63) is 59.8 Å². The number of nitrogens with one attached hydrogen (secondary N) is 2. The third kappa shape index (κ3) is 7.04. The van der Waals surface area contributed by atoms with Gasteiger partial charge in [0.1, 0.15) is 5.82 Å². The van der Waals surface area contributed by atoms with Gasteiger partial charge >= 0.3 is 0 Å². The number of likely N-dealkylation sites (tertiary alicyclic amines) is 1. The molecular formula is C26H36N4O2. The lowest BCUT2D eigenvalue weighted by molar-refractivity contribution is 0.0903. The second-order valence-corrected chi connectivity index (χ2v) is 9.03. The van der Waals surface area contributed by atoms with Gasteiger partial charge in [-0.25, -0.2) is 4.98 Å². The molecule has 2 aliphatic rings. The predicted molar refractivity (Wildman–Crippen MR) is 128 cm³/mol. The molecule has 2 saturated heterocycles. The Morgan fingerprint density at radius 2 is 1.84 bits per heavy atom. The lowest BCUT2D eigenvalue weighted by Gasteiger charge is -2.32. The van der Waals surface area contributed by atoms with E-state index in [1.807, 2.05) is 6.07 Å². The Hall–Kier alpha value is -2.44. The van der Waals surface area contributed by atoms with Crippen LogP contribution in [-0.2, 0) is 11.2 Å². The van der Waals surface area contributed by atoms with Crippen LogP contribution in [0.4, 0.5) is 5.82 Å². The van der Waals surface area contributed by atoms with Gasteiger partial charge in [-0.2, -0.15) is 0 Å². The zero-order chi connectivity index (χ0) is 22.0. The minimum atomic E-state index is -0.0276. The molecule has 3 heterocycles. The van der Waals surface area contributed by atoms with Gasteiger partial charge in [-0.05, 0) is 75.2 Å². The Balaban J connectivity index is 1.14. The van der Waals surface area contributed by atoms with E-state index in [9.17, 15) is 4.79 Å². The second kappa shape index (κ2) is 12.0. The average molecular weight is 437 g/mol. The number of piperidine rings is 1. The van der Waals surface area contributed by atoms with Gasteiger partial charge in [0.25, 0.3) is 5.91 Å². The average Bonchev–Trinajstić information content (AvgIpc) is 2.85. The summed E-state index contributed by atoms with van der Waals surface area (Å²) in [5.74, 6) is 1.56. The summed E-state index contributed by atoms with van der Waals surface area (Å²) in [5.41, 5.74) is 2.11. The molecule has 1 amide bonds. The minimum Gasteiger partial charge on any atom is -0.381 e. The first kappa shape index (κ1) is 22.7. The van der Waals surface area contributed by atoms with Crippen molar-refractivity contribution in [1.82, 2.24) is 15.2 Å². The largest absolute Gasteiger partial charge is 0.381 e. The topological polar surface area (TPSA) is 66.5 Å². The van der Waals surface area contributed by atoms with Gasteiger partial charge in [0.2, 0.25) is 0 Å². The molecule has 6 heteroatoms. The van der Waals surface area contributed by atoms with Gasteiger partial charge in [0.15, 0.2) is 0 Å². The Kier molecular flexibility index (Phi) is 8.51. The van der Waals surface area contributed by atoms with E-state index in [4.69, 9.17) is 4.74 Å². The third-order valence-electron chi connectivity index (χ3n) is 6.70. The SMILES string of the molecule is O=C(NCCN1CCC(CCc2ccccc2)CC1)c1ccnc(NC2CCOCC2)c1. The summed E-state index contributed by atoms with van der Waals surface area (Å²) in [6.45, 7) is 5.41. The molecule has 2 aromatic rings. The van der Waals surface area contributed by atoms with E-state index in [1.54, 1.807) is 12.3 Å². The van der Waals surface area contributed by atoms with Gasteiger partial charge in [0.05, 0.1) is 0 Å². The number of hydrogen-bond acceptors (Lipinski definition) is 5. The number of pyridine rings is 1. The molecule has 172 valence electrons. The van der Waals surface area contributed by atoms with Crippen molar-refractivity contribution in [2.24, 2.45) is 5.92 Å². The van der Waals surface area contributed by atoms with Crippen molar-refractivity contribution in [2.75, 3.05) is 44.7 Å². The van der Waals surface area contributed by atoms with E-state index >= 15 is 0 Å². The van der Waals surface area contributed by atoms with E-state index in [0.717, 1.165) is 57.4 Å². The molecule has 0 bridgehead atoms. The molecule has 6 nitrogen and oxygen atoms in total. The molecule has 0 saturated carbocycles. The Labute approximate surface area is 191 Å². The number of carbonyl (C=O) groups excluding carboxylic acids is 1. The van der Waals surface area contributed by atoms with Gasteiger partial charge in [-0.15, -0.1) is 0 Å². The lowest BCUT2D eigenvalue weighted by atomic mass is 9.90. The van der Waals surface area contributed by atoms with Crippen LogP contribution in [0.25, 0.3) is 0 Å². The van der Waals surface area contributed by atoms with Crippen LogP contribution in [0.15, 0.2) is 48.7 Å². The van der Waals surface area contributed by atoms with Crippen molar-refractivity contribution in [2.45, 2.75) is 44.6 Å². The number of carbonyl (C=O) groups is 1. The molecule has 2 N–H and O–H groups in total. The van der Waals surface area contributed by atoms with E-state index in [1.165, 1.54) is 31.2 Å². The monoisotopic (exact) mass is 436 g/mol. The highest BCUT2D eigenvalue weighted by molar-refractivity contribution is 5.94. The van der Waals surface area contributed by atoms with Crippen LogP contribution in [-0.4, -0.2) is 61.2 Å². The number of rotatable bonds is 9. The Bertz CT molecular complexity index is 831. The second-order valence-electron chi connectivity index (χ2n) is 9.03. The number of aryl methyl sites for hydroxylation is 1. The van der Waals surface area contributed by atoms with Gasteiger partial charge < -0.3 is 20.3 Å². The molecule has 4 rings (SSSR count). The van der Waals surface area contributed by atoms with Crippen molar-refractivity contribution < 1.29 is 9.53 Å². The van der Waals surface area contributed by atoms with Crippen LogP contribution in [0, 0.1) is 5.92 Å². The number of amides is 1. The van der Waals surface area contributed by atoms with Crippen LogP contribution in [0.3, 0.4) is 0 Å². The highest BCUT2D eigenvalue weighted by Crippen LogP contribution is 2.22. The van der Waals surface area contributed by atoms with Crippen LogP contribution in [0.2, 0.25) is 0 Å². The molecule has 0 aliphatic carbocycles. The number of aromatic nitrogens is 1. The maximum Gasteiger partial charge on any atom is 0.251 e. The zero-order valence-corrected chi connectivity index (χ0v) is 19.0. The van der Waals surface area contributed by atoms with E-state index in [-0.39, 0.29) is 5.91 Å². The Morgan fingerprint density at radius 1 is 1.06 bits per heavy atom. The molecule has 0 unspecified atom stereocenters. The lowest BCUT2D eigenvalue weighted by Crippen LogP contribution is -2.39. The molecule has 0 atom stereocenters. The van der Waals surface area contributed by atoms with Crippen LogP contribution >= 0.6 is 0 Å². The zero-order valence-electron chi connectivity index (χ0n) is 19.0. The first-order valence-corrected chi connectivity index (χ1v) is 12.1. The molecule has 32 heavy (non-hydrogen) atoms. The molecule has 2 fully saturated rings. The first-order valence-electron chi connectivity index (χ1n) is 12.1. The summed E-state index contributed by atoms with van der Waals surface area (Å²) in [6.07, 6.45) is 8.62. The van der Waals surface area contributed by atoms with Gasteiger partial charge in [0, 0.05) is 44.1 Å². The summed E-state index contributed by atoms with van der Waals surface area (Å²) < 4.78 is 5.40. The third-order valence-corrected chi connectivity index (χ3v) is 6.70. The highest BCUT2D eigenvalue weighted by atomic mass is 16.5. The highest BCUT2D eigenvalue weighted by Gasteiger charge is 2.19. The fourth-order valence-corrected chi connectivity index (χ4v) is 4.65. The summed E-state index contributed by atoms with van der Waals surface area (Å²) in [4.78, 5) is 19.4. The number of ether oxygens (including phenoxy) is 1. The fourth-order valence-electron chi connectivity index (χ4n) is 4.65. The normalized spacial score (nSPS) is 18.4. The smallest absolute Gasteiger partial charge is 0.251 e. The number of hydrogen-bond donors (Lipinski definition) is 2. The molecule has 0 radical (unpaired) electrons. The summed E-state index contributed by atoms with van der Waals surface area (Å²) in [7, 11) is 0. The van der Waals surface area contributed by atoms with Crippen LogP contribution in [0.5, 0.6) is 0 Å². The van der Waals surface area contributed by atoms with Crippen LogP contribution in [0.1, 0.15) is 48.0 Å². The molecule has 1 aromatic carbocycles. The van der Waals surface area contributed by atoms with Crippen molar-refractivity contribution in [3.8, 4) is 0 Å². The quantitative estimate of drug-likeness (QED) is 0.627. The number of nitrogens with zero attached hydrogens (tertiary/aromatic N) is 2. The fraction of sp³-hybridized carbons (Fsp3) is 0.538. The summed E-state index contributed by atoms with van der Waals surface area (Å²) >= 11 is 0. The maximum atomic E-state index is 12.6. The standard InChI is InChI=1S/C26H36N4O2/c31-26(23-8-13-27-25(20-23)29-24-11-18-32-19-12-24)28-14-17-30-15-9-22(10-16-30)7-6-21-4-2-1-3-5-21/h1-5,8,13,20,22,24H,6-7,9-12,14-19H2,(H,27,29)(H,28,31). The summed E-state index contributed by atoms with van der Waals surface area (Å²) in [5, 5.41) is 6.51. The molecule has 1 aromatic heterocycles. The van der Waals surface area contributed by atoms with Crippen molar-refractivity contribution in [3.63, 3.8) is 0 Å². The van der Waals surface area contributed by atoms with Gasteiger partial charge in [-0.3, -0.25) is 4.79 Å². The van der Waals surface area contributed by atoms with Gasteiger partial charge in [-0.1, -0.05) is 30.3 Å². The number of benzene rings is 1. The molecule has 0 spiro atoms. The predicted octanol–water partition coefficient (Wildman–Crippen LogP) is 3.75. The molecular weight excluding hydrogens is 400 g/mol. The summed E-state index contributed by atoms with van der Waals surface area (Å²) in [6, 6.07) is 14.8. The van der Waals surface area contributed by atoms with E-state index < -0.39 is 0 Å². The number of anilines is 1. The minimum absolute atomic E-state index is 0.0276. The van der Waals surface area contributed by atoms with Crippen molar-refractivity contribution >= 4 is 11.7 Å². The maximum absolute atomic E-state index is 12.6. The molecule has 2 aliphatic heterocycles. The van der Waals surface area contributed by atoms with E-state index in [0.29, 0.717) is 18.2 Å².